The van der Waals surface area contributed by atoms with E-state index in [4.69, 9.17) is 14.2 Å². The molecule has 0 N–H and O–H groups in total. The van der Waals surface area contributed by atoms with Gasteiger partial charge in [0.15, 0.2) is 0 Å². The summed E-state index contributed by atoms with van der Waals surface area (Å²) in [7, 11) is 0. The first-order valence-corrected chi connectivity index (χ1v) is 6.57. The minimum atomic E-state index is -0.465. The molecule has 0 saturated heterocycles. The second-order valence-corrected chi connectivity index (χ2v) is 5.99. The van der Waals surface area contributed by atoms with Crippen LogP contribution >= 0.6 is 0 Å². The SMILES string of the molecule is CC(C)OC(C)COC(C)COC(=O)C(C)(C)C. The van der Waals surface area contributed by atoms with Crippen molar-refractivity contribution in [2.45, 2.75) is 66.8 Å². The van der Waals surface area contributed by atoms with E-state index in [9.17, 15) is 4.79 Å². The van der Waals surface area contributed by atoms with Crippen LogP contribution in [0.15, 0.2) is 0 Å². The summed E-state index contributed by atoms with van der Waals surface area (Å²) in [6.45, 7) is 14.1. The molecule has 0 fully saturated rings. The minimum absolute atomic E-state index is 0.0470. The third kappa shape index (κ3) is 8.48. The van der Waals surface area contributed by atoms with Crippen molar-refractivity contribution in [1.29, 1.82) is 0 Å². The van der Waals surface area contributed by atoms with Crippen LogP contribution in [0.5, 0.6) is 0 Å². The van der Waals surface area contributed by atoms with Crippen molar-refractivity contribution in [3.63, 3.8) is 0 Å². The smallest absolute Gasteiger partial charge is 0.311 e. The molecule has 0 aliphatic carbocycles. The molecule has 0 saturated carbocycles. The molecular weight excluding hydrogens is 232 g/mol. The number of carbonyl (C=O) groups is 1. The fourth-order valence-electron chi connectivity index (χ4n) is 1.26. The summed E-state index contributed by atoms with van der Waals surface area (Å²) in [4.78, 5) is 11.6. The molecule has 0 rings (SSSR count). The Kier molecular flexibility index (Phi) is 7.48. The van der Waals surface area contributed by atoms with Gasteiger partial charge in [-0.05, 0) is 48.5 Å². The maximum absolute atomic E-state index is 11.6. The predicted molar refractivity (Wildman–Crippen MR) is 71.5 cm³/mol. The molecule has 0 heterocycles. The number of esters is 1. The molecule has 0 spiro atoms. The fourth-order valence-corrected chi connectivity index (χ4v) is 1.26. The lowest BCUT2D eigenvalue weighted by atomic mass is 9.97. The Hall–Kier alpha value is -0.610. The van der Waals surface area contributed by atoms with Crippen LogP contribution in [0.2, 0.25) is 0 Å². The summed E-state index contributed by atoms with van der Waals surface area (Å²) < 4.78 is 16.3. The highest BCUT2D eigenvalue weighted by Crippen LogP contribution is 2.15. The van der Waals surface area contributed by atoms with E-state index in [2.05, 4.69) is 0 Å². The normalized spacial score (nSPS) is 15.6. The van der Waals surface area contributed by atoms with Gasteiger partial charge in [0.05, 0.1) is 30.3 Å². The lowest BCUT2D eigenvalue weighted by Gasteiger charge is -2.21. The van der Waals surface area contributed by atoms with Crippen LogP contribution in [0.1, 0.15) is 48.5 Å². The molecule has 0 amide bonds. The van der Waals surface area contributed by atoms with Crippen LogP contribution in [0, 0.1) is 5.41 Å². The van der Waals surface area contributed by atoms with E-state index in [1.165, 1.54) is 0 Å². The number of hydrogen-bond donors (Lipinski definition) is 0. The zero-order valence-corrected chi connectivity index (χ0v) is 12.8. The fraction of sp³-hybridized carbons (Fsp3) is 0.929. The van der Waals surface area contributed by atoms with Crippen molar-refractivity contribution in [3.05, 3.63) is 0 Å². The van der Waals surface area contributed by atoms with Gasteiger partial charge in [-0.1, -0.05) is 0 Å². The molecule has 4 nitrogen and oxygen atoms in total. The molecule has 0 aliphatic heterocycles. The van der Waals surface area contributed by atoms with Crippen molar-refractivity contribution >= 4 is 5.97 Å². The molecular formula is C14H28O4. The van der Waals surface area contributed by atoms with Gasteiger partial charge in [0, 0.05) is 0 Å². The highest BCUT2D eigenvalue weighted by atomic mass is 16.6. The predicted octanol–water partition coefficient (Wildman–Crippen LogP) is 2.79. The van der Waals surface area contributed by atoms with Gasteiger partial charge in [-0.15, -0.1) is 0 Å². The average molecular weight is 260 g/mol. The quantitative estimate of drug-likeness (QED) is 0.660. The molecule has 0 bridgehead atoms. The zero-order valence-electron chi connectivity index (χ0n) is 12.8. The highest BCUT2D eigenvalue weighted by molar-refractivity contribution is 5.75. The van der Waals surface area contributed by atoms with Crippen molar-refractivity contribution in [2.75, 3.05) is 13.2 Å². The molecule has 2 atom stereocenters. The Morgan fingerprint density at radius 1 is 1.00 bits per heavy atom. The van der Waals surface area contributed by atoms with Crippen LogP contribution in [0.3, 0.4) is 0 Å². The Morgan fingerprint density at radius 2 is 1.56 bits per heavy atom. The van der Waals surface area contributed by atoms with Crippen LogP contribution in [-0.2, 0) is 19.0 Å². The van der Waals surface area contributed by atoms with Crippen LogP contribution in [-0.4, -0.2) is 37.5 Å². The molecule has 108 valence electrons. The van der Waals surface area contributed by atoms with E-state index in [1.54, 1.807) is 0 Å². The Morgan fingerprint density at radius 3 is 2.00 bits per heavy atom. The molecule has 2 unspecified atom stereocenters. The standard InChI is InChI=1S/C14H28O4/c1-10(2)18-12(4)9-16-11(3)8-17-13(15)14(5,6)7/h10-12H,8-9H2,1-7H3. The van der Waals surface area contributed by atoms with E-state index in [0.29, 0.717) is 6.61 Å². The number of carbonyl (C=O) groups excluding carboxylic acids is 1. The molecule has 0 aromatic rings. The maximum Gasteiger partial charge on any atom is 0.311 e. The van der Waals surface area contributed by atoms with Gasteiger partial charge in [-0.3, -0.25) is 4.79 Å². The maximum atomic E-state index is 11.6. The number of ether oxygens (including phenoxy) is 3. The molecule has 0 aromatic carbocycles. The summed E-state index contributed by atoms with van der Waals surface area (Å²) >= 11 is 0. The van der Waals surface area contributed by atoms with Crippen molar-refractivity contribution in [3.8, 4) is 0 Å². The summed E-state index contributed by atoms with van der Waals surface area (Å²) in [5.74, 6) is -0.204. The molecule has 0 radical (unpaired) electrons. The van der Waals surface area contributed by atoms with Crippen molar-refractivity contribution < 1.29 is 19.0 Å². The van der Waals surface area contributed by atoms with Gasteiger partial charge in [0.1, 0.15) is 6.61 Å². The molecule has 0 aliphatic rings. The second kappa shape index (κ2) is 7.74. The Labute approximate surface area is 111 Å². The van der Waals surface area contributed by atoms with Gasteiger partial charge in [-0.25, -0.2) is 0 Å². The summed E-state index contributed by atoms with van der Waals surface area (Å²) in [6, 6.07) is 0. The number of rotatable bonds is 7. The van der Waals surface area contributed by atoms with Crippen LogP contribution in [0.25, 0.3) is 0 Å². The first kappa shape index (κ1) is 17.4. The van der Waals surface area contributed by atoms with E-state index < -0.39 is 5.41 Å². The lowest BCUT2D eigenvalue weighted by Crippen LogP contribution is -2.29. The van der Waals surface area contributed by atoms with Crippen molar-refractivity contribution in [1.82, 2.24) is 0 Å². The monoisotopic (exact) mass is 260 g/mol. The number of hydrogen-bond acceptors (Lipinski definition) is 4. The first-order chi connectivity index (χ1) is 8.12. The van der Waals surface area contributed by atoms with E-state index >= 15 is 0 Å². The summed E-state index contributed by atoms with van der Waals surface area (Å²) in [5, 5.41) is 0. The molecule has 18 heavy (non-hydrogen) atoms. The van der Waals surface area contributed by atoms with Crippen LogP contribution < -0.4 is 0 Å². The molecule has 0 aromatic heterocycles. The summed E-state index contributed by atoms with van der Waals surface area (Å²) in [5.41, 5.74) is -0.465. The third-order valence-electron chi connectivity index (χ3n) is 2.18. The topological polar surface area (TPSA) is 44.8 Å². The van der Waals surface area contributed by atoms with Gasteiger partial charge in [0.2, 0.25) is 0 Å². The third-order valence-corrected chi connectivity index (χ3v) is 2.18. The van der Waals surface area contributed by atoms with Gasteiger partial charge < -0.3 is 14.2 Å². The molecule has 4 heteroatoms. The van der Waals surface area contributed by atoms with E-state index in [1.807, 2.05) is 48.5 Å². The van der Waals surface area contributed by atoms with Crippen molar-refractivity contribution in [2.24, 2.45) is 5.41 Å². The largest absolute Gasteiger partial charge is 0.463 e. The lowest BCUT2D eigenvalue weighted by molar-refractivity contribution is -0.157. The highest BCUT2D eigenvalue weighted by Gasteiger charge is 2.23. The zero-order chi connectivity index (χ0) is 14.3. The average Bonchev–Trinajstić information content (AvgIpc) is 2.20. The minimum Gasteiger partial charge on any atom is -0.463 e. The summed E-state index contributed by atoms with van der Waals surface area (Å²) in [6.07, 6.45) is 0.123. The Bertz CT molecular complexity index is 243. The first-order valence-electron chi connectivity index (χ1n) is 6.57. The van der Waals surface area contributed by atoms with Crippen LogP contribution in [0.4, 0.5) is 0 Å². The van der Waals surface area contributed by atoms with Gasteiger partial charge >= 0.3 is 5.97 Å². The van der Waals surface area contributed by atoms with E-state index in [0.717, 1.165) is 0 Å². The van der Waals surface area contributed by atoms with E-state index in [-0.39, 0.29) is 30.9 Å². The van der Waals surface area contributed by atoms with Gasteiger partial charge in [0.25, 0.3) is 0 Å². The second-order valence-electron chi connectivity index (χ2n) is 5.99. The Balaban J connectivity index is 3.79. The van der Waals surface area contributed by atoms with Gasteiger partial charge in [-0.2, -0.15) is 0 Å².